The smallest absolute Gasteiger partial charge is 0.240 e. The SMILES string of the molecule is CCC(C)c1ccc(S(=O)(=O)NCC2(O)CCC2)cc1. The van der Waals surface area contributed by atoms with Gasteiger partial charge < -0.3 is 5.11 Å². The van der Waals surface area contributed by atoms with Crippen LogP contribution >= 0.6 is 0 Å². The average Bonchev–Trinajstić information content (AvgIpc) is 2.42. The summed E-state index contributed by atoms with van der Waals surface area (Å²) in [7, 11) is -3.53. The molecule has 1 fully saturated rings. The molecule has 0 heterocycles. The van der Waals surface area contributed by atoms with Crippen molar-refractivity contribution in [1.82, 2.24) is 4.72 Å². The lowest BCUT2D eigenvalue weighted by atomic mass is 9.81. The first-order valence-electron chi connectivity index (χ1n) is 7.18. The van der Waals surface area contributed by atoms with Gasteiger partial charge in [-0.15, -0.1) is 0 Å². The molecule has 1 atom stereocenters. The highest BCUT2D eigenvalue weighted by Gasteiger charge is 2.35. The molecule has 0 radical (unpaired) electrons. The van der Waals surface area contributed by atoms with Gasteiger partial charge in [-0.1, -0.05) is 26.0 Å². The molecular weight excluding hydrogens is 274 g/mol. The van der Waals surface area contributed by atoms with Crippen LogP contribution in [-0.2, 0) is 10.0 Å². The van der Waals surface area contributed by atoms with Crippen LogP contribution in [0.15, 0.2) is 29.2 Å². The summed E-state index contributed by atoms with van der Waals surface area (Å²) in [5.74, 6) is 0.426. The van der Waals surface area contributed by atoms with E-state index < -0.39 is 15.6 Å². The Labute approximate surface area is 121 Å². The third kappa shape index (κ3) is 3.40. The highest BCUT2D eigenvalue weighted by Crippen LogP contribution is 2.31. The standard InChI is InChI=1S/C15H23NO3S/c1-3-12(2)13-5-7-14(8-6-13)20(18,19)16-11-15(17)9-4-10-15/h5-8,12,16-17H,3-4,9-11H2,1-2H3. The molecule has 0 amide bonds. The molecule has 1 aliphatic carbocycles. The van der Waals surface area contributed by atoms with Crippen molar-refractivity contribution in [1.29, 1.82) is 0 Å². The van der Waals surface area contributed by atoms with Crippen LogP contribution in [0.4, 0.5) is 0 Å². The van der Waals surface area contributed by atoms with Crippen LogP contribution in [0.5, 0.6) is 0 Å². The van der Waals surface area contributed by atoms with E-state index in [0.29, 0.717) is 18.8 Å². The molecule has 2 rings (SSSR count). The molecule has 1 aromatic carbocycles. The van der Waals surface area contributed by atoms with Crippen LogP contribution in [0.25, 0.3) is 0 Å². The number of rotatable bonds is 6. The second kappa shape index (κ2) is 5.84. The van der Waals surface area contributed by atoms with Gasteiger partial charge in [-0.3, -0.25) is 0 Å². The summed E-state index contributed by atoms with van der Waals surface area (Å²) in [6.07, 6.45) is 3.32. The van der Waals surface area contributed by atoms with E-state index in [1.54, 1.807) is 12.1 Å². The van der Waals surface area contributed by atoms with Crippen molar-refractivity contribution in [3.63, 3.8) is 0 Å². The lowest BCUT2D eigenvalue weighted by molar-refractivity contribution is -0.0270. The topological polar surface area (TPSA) is 66.4 Å². The van der Waals surface area contributed by atoms with Crippen molar-refractivity contribution in [3.05, 3.63) is 29.8 Å². The maximum Gasteiger partial charge on any atom is 0.240 e. The number of benzene rings is 1. The minimum atomic E-state index is -3.53. The van der Waals surface area contributed by atoms with Crippen LogP contribution in [0, 0.1) is 0 Å². The van der Waals surface area contributed by atoms with Crippen molar-refractivity contribution in [2.75, 3.05) is 6.54 Å². The number of hydrogen-bond acceptors (Lipinski definition) is 3. The van der Waals surface area contributed by atoms with Gasteiger partial charge in [0, 0.05) is 6.54 Å². The van der Waals surface area contributed by atoms with Gasteiger partial charge >= 0.3 is 0 Å². The first-order valence-corrected chi connectivity index (χ1v) is 8.67. The summed E-state index contributed by atoms with van der Waals surface area (Å²) in [4.78, 5) is 0.257. The zero-order valence-electron chi connectivity index (χ0n) is 12.1. The predicted octanol–water partition coefficient (Wildman–Crippen LogP) is 2.39. The van der Waals surface area contributed by atoms with Crippen molar-refractivity contribution in [2.45, 2.75) is 55.9 Å². The van der Waals surface area contributed by atoms with Crippen LogP contribution < -0.4 is 4.72 Å². The summed E-state index contributed by atoms with van der Waals surface area (Å²) in [5, 5.41) is 9.94. The van der Waals surface area contributed by atoms with Crippen molar-refractivity contribution < 1.29 is 13.5 Å². The van der Waals surface area contributed by atoms with Crippen molar-refractivity contribution in [2.24, 2.45) is 0 Å². The number of hydrogen-bond donors (Lipinski definition) is 2. The molecule has 0 aliphatic heterocycles. The Morgan fingerprint density at radius 2 is 1.90 bits per heavy atom. The minimum Gasteiger partial charge on any atom is -0.389 e. The van der Waals surface area contributed by atoms with Crippen LogP contribution in [0.3, 0.4) is 0 Å². The highest BCUT2D eigenvalue weighted by molar-refractivity contribution is 7.89. The molecule has 20 heavy (non-hydrogen) atoms. The van der Waals surface area contributed by atoms with Gasteiger partial charge in [-0.2, -0.15) is 0 Å². The van der Waals surface area contributed by atoms with Crippen LogP contribution in [-0.4, -0.2) is 25.7 Å². The minimum absolute atomic E-state index is 0.0997. The van der Waals surface area contributed by atoms with Gasteiger partial charge in [0.2, 0.25) is 10.0 Å². The van der Waals surface area contributed by atoms with E-state index in [2.05, 4.69) is 18.6 Å². The maximum atomic E-state index is 12.1. The Balaban J connectivity index is 2.05. The Kier molecular flexibility index (Phi) is 4.52. The van der Waals surface area contributed by atoms with E-state index in [4.69, 9.17) is 0 Å². The molecule has 0 aromatic heterocycles. The number of nitrogens with one attached hydrogen (secondary N) is 1. The number of aliphatic hydroxyl groups is 1. The fourth-order valence-corrected chi connectivity index (χ4v) is 3.41. The first kappa shape index (κ1) is 15.5. The Morgan fingerprint density at radius 1 is 1.30 bits per heavy atom. The average molecular weight is 297 g/mol. The molecule has 1 unspecified atom stereocenters. The Morgan fingerprint density at radius 3 is 2.35 bits per heavy atom. The molecule has 0 spiro atoms. The van der Waals surface area contributed by atoms with Gasteiger partial charge in [0.05, 0.1) is 10.5 Å². The van der Waals surface area contributed by atoms with Gasteiger partial charge in [0.25, 0.3) is 0 Å². The molecule has 2 N–H and O–H groups in total. The highest BCUT2D eigenvalue weighted by atomic mass is 32.2. The third-order valence-corrected chi connectivity index (χ3v) is 5.66. The monoisotopic (exact) mass is 297 g/mol. The molecule has 1 saturated carbocycles. The quantitative estimate of drug-likeness (QED) is 0.847. The fourth-order valence-electron chi connectivity index (χ4n) is 2.29. The first-order chi connectivity index (χ1) is 9.36. The second-order valence-electron chi connectivity index (χ2n) is 5.78. The summed E-state index contributed by atoms with van der Waals surface area (Å²) in [6.45, 7) is 4.33. The zero-order chi connectivity index (χ0) is 14.8. The van der Waals surface area contributed by atoms with E-state index in [-0.39, 0.29) is 11.4 Å². The number of sulfonamides is 1. The largest absolute Gasteiger partial charge is 0.389 e. The molecule has 4 nitrogen and oxygen atoms in total. The molecule has 1 aliphatic rings. The van der Waals surface area contributed by atoms with Gasteiger partial charge in [0.15, 0.2) is 0 Å². The summed E-state index contributed by atoms with van der Waals surface area (Å²) in [6, 6.07) is 6.99. The summed E-state index contributed by atoms with van der Waals surface area (Å²) >= 11 is 0. The molecule has 112 valence electrons. The fraction of sp³-hybridized carbons (Fsp3) is 0.600. The van der Waals surface area contributed by atoms with Crippen molar-refractivity contribution in [3.8, 4) is 0 Å². The van der Waals surface area contributed by atoms with Crippen LogP contribution in [0.2, 0.25) is 0 Å². The maximum absolute atomic E-state index is 12.1. The third-order valence-electron chi connectivity index (χ3n) is 4.25. The lowest BCUT2D eigenvalue weighted by Crippen LogP contribution is -2.47. The lowest BCUT2D eigenvalue weighted by Gasteiger charge is -2.36. The normalized spacial score (nSPS) is 19.4. The van der Waals surface area contributed by atoms with Gasteiger partial charge in [-0.25, -0.2) is 13.1 Å². The van der Waals surface area contributed by atoms with E-state index in [1.807, 2.05) is 12.1 Å². The molecule has 5 heteroatoms. The second-order valence-corrected chi connectivity index (χ2v) is 7.55. The van der Waals surface area contributed by atoms with E-state index in [1.165, 1.54) is 0 Å². The molecular formula is C15H23NO3S. The van der Waals surface area contributed by atoms with Crippen LogP contribution in [0.1, 0.15) is 51.0 Å². The van der Waals surface area contributed by atoms with Gasteiger partial charge in [-0.05, 0) is 49.3 Å². The van der Waals surface area contributed by atoms with Crippen molar-refractivity contribution >= 4 is 10.0 Å². The predicted molar refractivity (Wildman–Crippen MR) is 79.1 cm³/mol. The summed E-state index contributed by atoms with van der Waals surface area (Å²) < 4.78 is 26.8. The van der Waals surface area contributed by atoms with E-state index >= 15 is 0 Å². The van der Waals surface area contributed by atoms with E-state index in [9.17, 15) is 13.5 Å². The Bertz CT molecular complexity index is 547. The molecule has 0 saturated heterocycles. The molecule has 0 bridgehead atoms. The Hall–Kier alpha value is -0.910. The van der Waals surface area contributed by atoms with E-state index in [0.717, 1.165) is 18.4 Å². The molecule has 1 aromatic rings. The van der Waals surface area contributed by atoms with Gasteiger partial charge in [0.1, 0.15) is 0 Å². The summed E-state index contributed by atoms with van der Waals surface area (Å²) in [5.41, 5.74) is 0.299. The zero-order valence-corrected chi connectivity index (χ0v) is 12.9.